The molecule has 2 nitrogen and oxygen atoms in total. The molecule has 1 rings (SSSR count). The van der Waals surface area contributed by atoms with E-state index in [0.29, 0.717) is 5.75 Å². The smallest absolute Gasteiger partial charge is 0.162 e. The molecule has 0 amide bonds. The van der Waals surface area contributed by atoms with Gasteiger partial charge in [0, 0.05) is 4.47 Å². The molecule has 1 aromatic rings. The van der Waals surface area contributed by atoms with Gasteiger partial charge in [0.15, 0.2) is 11.5 Å². The second-order valence-electron chi connectivity index (χ2n) is 2.78. The Labute approximate surface area is 80.3 Å². The van der Waals surface area contributed by atoms with Crippen molar-refractivity contribution in [1.29, 1.82) is 0 Å². The van der Waals surface area contributed by atoms with Gasteiger partial charge in [-0.2, -0.15) is 0 Å². The summed E-state index contributed by atoms with van der Waals surface area (Å²) in [7, 11) is 0. The Balaban J connectivity index is 2.90. The fourth-order valence-electron chi connectivity index (χ4n) is 0.836. The fourth-order valence-corrected chi connectivity index (χ4v) is 1.18. The molecule has 66 valence electrons. The van der Waals surface area contributed by atoms with Crippen molar-refractivity contribution in [3.8, 4) is 11.5 Å². The molecule has 0 saturated heterocycles. The summed E-state index contributed by atoms with van der Waals surface area (Å²) >= 11 is 3.30. The van der Waals surface area contributed by atoms with Crippen molar-refractivity contribution < 1.29 is 9.84 Å². The molecule has 0 aliphatic carbocycles. The highest BCUT2D eigenvalue weighted by molar-refractivity contribution is 9.10. The van der Waals surface area contributed by atoms with Crippen LogP contribution in [0.25, 0.3) is 0 Å². The van der Waals surface area contributed by atoms with Crippen LogP contribution in [0.15, 0.2) is 22.7 Å². The lowest BCUT2D eigenvalue weighted by atomic mass is 10.3. The van der Waals surface area contributed by atoms with Gasteiger partial charge >= 0.3 is 0 Å². The van der Waals surface area contributed by atoms with Gasteiger partial charge in [0.25, 0.3) is 0 Å². The number of phenols is 1. The Hall–Kier alpha value is -0.700. The second-order valence-corrected chi connectivity index (χ2v) is 3.69. The average molecular weight is 231 g/mol. The Morgan fingerprint density at radius 3 is 2.67 bits per heavy atom. The van der Waals surface area contributed by atoms with Crippen LogP contribution in [0, 0.1) is 0 Å². The summed E-state index contributed by atoms with van der Waals surface area (Å²) in [5.74, 6) is 0.686. The fraction of sp³-hybridized carbons (Fsp3) is 0.333. The molecule has 0 fully saturated rings. The molecule has 0 aliphatic heterocycles. The number of halogens is 1. The van der Waals surface area contributed by atoms with Crippen molar-refractivity contribution in [2.75, 3.05) is 0 Å². The summed E-state index contributed by atoms with van der Waals surface area (Å²) in [4.78, 5) is 0. The van der Waals surface area contributed by atoms with Gasteiger partial charge in [-0.15, -0.1) is 0 Å². The molecule has 3 heteroatoms. The molecule has 0 atom stereocenters. The van der Waals surface area contributed by atoms with Gasteiger partial charge in [0.05, 0.1) is 6.10 Å². The quantitative estimate of drug-likeness (QED) is 0.847. The summed E-state index contributed by atoms with van der Waals surface area (Å²) in [5, 5.41) is 9.34. The number of benzene rings is 1. The molecule has 0 spiro atoms. The highest BCUT2D eigenvalue weighted by atomic mass is 79.9. The van der Waals surface area contributed by atoms with Crippen molar-refractivity contribution >= 4 is 15.9 Å². The van der Waals surface area contributed by atoms with Crippen LogP contribution in [0.1, 0.15) is 13.8 Å². The van der Waals surface area contributed by atoms with Gasteiger partial charge in [-0.3, -0.25) is 0 Å². The maximum atomic E-state index is 9.34. The Kier molecular flexibility index (Phi) is 2.98. The van der Waals surface area contributed by atoms with Crippen LogP contribution in [0.2, 0.25) is 0 Å². The van der Waals surface area contributed by atoms with Gasteiger partial charge < -0.3 is 9.84 Å². The minimum atomic E-state index is 0.0743. The lowest BCUT2D eigenvalue weighted by Gasteiger charge is -2.10. The van der Waals surface area contributed by atoms with Crippen molar-refractivity contribution in [3.63, 3.8) is 0 Å². The van der Waals surface area contributed by atoms with E-state index in [1.165, 1.54) is 0 Å². The first kappa shape index (κ1) is 9.39. The third kappa shape index (κ3) is 2.41. The number of phenolic OH excluding ortho intramolecular Hbond substituents is 1. The van der Waals surface area contributed by atoms with Crippen LogP contribution in [0.5, 0.6) is 11.5 Å². The van der Waals surface area contributed by atoms with Crippen LogP contribution >= 0.6 is 15.9 Å². The molecular weight excluding hydrogens is 220 g/mol. The van der Waals surface area contributed by atoms with E-state index in [4.69, 9.17) is 4.74 Å². The molecule has 0 saturated carbocycles. The first-order chi connectivity index (χ1) is 5.59. The van der Waals surface area contributed by atoms with Crippen LogP contribution in [-0.2, 0) is 0 Å². The summed E-state index contributed by atoms with van der Waals surface area (Å²) in [6, 6.07) is 5.11. The zero-order valence-electron chi connectivity index (χ0n) is 7.04. The van der Waals surface area contributed by atoms with Crippen molar-refractivity contribution in [2.45, 2.75) is 20.0 Å². The Morgan fingerprint density at radius 2 is 2.08 bits per heavy atom. The summed E-state index contributed by atoms with van der Waals surface area (Å²) in [6.07, 6.45) is 0.0743. The predicted octanol–water partition coefficient (Wildman–Crippen LogP) is 2.94. The molecule has 0 aromatic heterocycles. The highest BCUT2D eigenvalue weighted by Crippen LogP contribution is 2.29. The molecular formula is C9H11BrO2. The van der Waals surface area contributed by atoms with Crippen LogP contribution in [0.4, 0.5) is 0 Å². The van der Waals surface area contributed by atoms with E-state index in [-0.39, 0.29) is 11.9 Å². The molecule has 1 N–H and O–H groups in total. The van der Waals surface area contributed by atoms with Crippen LogP contribution in [0.3, 0.4) is 0 Å². The van der Waals surface area contributed by atoms with E-state index >= 15 is 0 Å². The third-order valence-corrected chi connectivity index (χ3v) is 1.78. The van der Waals surface area contributed by atoms with Gasteiger partial charge in [0.2, 0.25) is 0 Å². The topological polar surface area (TPSA) is 29.5 Å². The van der Waals surface area contributed by atoms with E-state index < -0.39 is 0 Å². The van der Waals surface area contributed by atoms with E-state index in [0.717, 1.165) is 4.47 Å². The highest BCUT2D eigenvalue weighted by Gasteiger charge is 2.04. The van der Waals surface area contributed by atoms with E-state index in [9.17, 15) is 5.11 Å². The standard InChI is InChI=1S/C9H11BrO2/c1-6(2)12-9-5-7(10)3-4-8(9)11/h3-6,11H,1-2H3. The van der Waals surface area contributed by atoms with E-state index in [1.54, 1.807) is 18.2 Å². The lowest BCUT2D eigenvalue weighted by molar-refractivity contribution is 0.231. The zero-order chi connectivity index (χ0) is 9.14. The lowest BCUT2D eigenvalue weighted by Crippen LogP contribution is -2.05. The molecule has 0 heterocycles. The second kappa shape index (κ2) is 3.81. The number of rotatable bonds is 2. The van der Waals surface area contributed by atoms with Crippen molar-refractivity contribution in [2.24, 2.45) is 0 Å². The third-order valence-electron chi connectivity index (χ3n) is 1.28. The van der Waals surface area contributed by atoms with Gasteiger partial charge in [-0.1, -0.05) is 15.9 Å². The largest absolute Gasteiger partial charge is 0.504 e. The van der Waals surface area contributed by atoms with Gasteiger partial charge in [0.1, 0.15) is 0 Å². The molecule has 0 aliphatic rings. The van der Waals surface area contributed by atoms with Crippen LogP contribution < -0.4 is 4.74 Å². The molecule has 1 aromatic carbocycles. The summed E-state index contributed by atoms with van der Waals surface area (Å²) < 4.78 is 6.24. The number of hydrogen-bond acceptors (Lipinski definition) is 2. The first-order valence-corrected chi connectivity index (χ1v) is 4.54. The number of aromatic hydroxyl groups is 1. The average Bonchev–Trinajstić information content (AvgIpc) is 1.96. The van der Waals surface area contributed by atoms with Gasteiger partial charge in [-0.05, 0) is 32.0 Å². The predicted molar refractivity (Wildman–Crippen MR) is 51.6 cm³/mol. The van der Waals surface area contributed by atoms with Crippen molar-refractivity contribution in [3.05, 3.63) is 22.7 Å². The summed E-state index contributed by atoms with van der Waals surface area (Å²) in [6.45, 7) is 3.83. The Bertz CT molecular complexity index is 271. The first-order valence-electron chi connectivity index (χ1n) is 3.75. The minimum absolute atomic E-state index is 0.0743. The number of ether oxygens (including phenoxy) is 1. The number of hydrogen-bond donors (Lipinski definition) is 1. The summed E-state index contributed by atoms with van der Waals surface area (Å²) in [5.41, 5.74) is 0. The van der Waals surface area contributed by atoms with E-state index in [1.807, 2.05) is 13.8 Å². The molecule has 12 heavy (non-hydrogen) atoms. The van der Waals surface area contributed by atoms with Crippen LogP contribution in [-0.4, -0.2) is 11.2 Å². The zero-order valence-corrected chi connectivity index (χ0v) is 8.63. The monoisotopic (exact) mass is 230 g/mol. The van der Waals surface area contributed by atoms with E-state index in [2.05, 4.69) is 15.9 Å². The maximum Gasteiger partial charge on any atom is 0.162 e. The maximum absolute atomic E-state index is 9.34. The van der Waals surface area contributed by atoms with Gasteiger partial charge in [-0.25, -0.2) is 0 Å². The molecule has 0 bridgehead atoms. The Morgan fingerprint density at radius 1 is 1.42 bits per heavy atom. The minimum Gasteiger partial charge on any atom is -0.504 e. The SMILES string of the molecule is CC(C)Oc1cc(Br)ccc1O. The molecule has 0 radical (unpaired) electrons. The van der Waals surface area contributed by atoms with Crippen molar-refractivity contribution in [1.82, 2.24) is 0 Å². The molecule has 0 unspecified atom stereocenters. The normalized spacial score (nSPS) is 10.3.